The SMILES string of the molecule is CC(C)=CC[C@@]12C[C@@H](/C=C/C(C)(C)O)C(C)(C)[C@@](C(=O)c3ccccc3)(C(=O)C3=C1O[C@H](C(C)(C)O)C3)C2=O. The van der Waals surface area contributed by atoms with E-state index in [0.717, 1.165) is 5.57 Å². The molecule has 4 rings (SSSR count). The molecule has 4 atom stereocenters. The minimum Gasteiger partial charge on any atom is -0.490 e. The molecule has 2 N–H and O–H groups in total. The molecule has 6 nitrogen and oxygen atoms in total. The predicted octanol–water partition coefficient (Wildman–Crippen LogP) is 5.54. The number of benzene rings is 1. The Hall–Kier alpha value is -2.83. The first kappa shape index (κ1) is 29.2. The van der Waals surface area contributed by atoms with Crippen molar-refractivity contribution in [1.29, 1.82) is 0 Å². The van der Waals surface area contributed by atoms with E-state index in [2.05, 4.69) is 0 Å². The molecule has 0 saturated heterocycles. The van der Waals surface area contributed by atoms with Crippen molar-refractivity contribution in [2.24, 2.45) is 22.2 Å². The van der Waals surface area contributed by atoms with E-state index in [1.807, 2.05) is 39.8 Å². The van der Waals surface area contributed by atoms with Crippen LogP contribution in [0.5, 0.6) is 0 Å². The summed E-state index contributed by atoms with van der Waals surface area (Å²) in [5.41, 5.74) is -5.12. The van der Waals surface area contributed by atoms with E-state index in [1.54, 1.807) is 64.1 Å². The normalized spacial score (nSPS) is 30.3. The van der Waals surface area contributed by atoms with Gasteiger partial charge in [0.25, 0.3) is 0 Å². The first-order valence-corrected chi connectivity index (χ1v) is 13.8. The lowest BCUT2D eigenvalue weighted by Crippen LogP contribution is -2.69. The summed E-state index contributed by atoms with van der Waals surface area (Å²) in [5, 5.41) is 21.4. The van der Waals surface area contributed by atoms with Gasteiger partial charge in [0.1, 0.15) is 11.9 Å². The summed E-state index contributed by atoms with van der Waals surface area (Å²) in [5.74, 6) is -1.58. The number of hydrogen-bond acceptors (Lipinski definition) is 6. The highest BCUT2D eigenvalue weighted by Gasteiger charge is 2.76. The Morgan fingerprint density at radius 2 is 1.69 bits per heavy atom. The van der Waals surface area contributed by atoms with Crippen LogP contribution in [-0.2, 0) is 14.3 Å². The molecule has 1 aromatic rings. The summed E-state index contributed by atoms with van der Waals surface area (Å²) in [4.78, 5) is 44.4. The minimum absolute atomic E-state index is 0.131. The lowest BCUT2D eigenvalue weighted by molar-refractivity contribution is -0.163. The third-order valence-electron chi connectivity index (χ3n) is 8.97. The molecule has 1 aromatic carbocycles. The van der Waals surface area contributed by atoms with Crippen molar-refractivity contribution in [3.05, 3.63) is 71.0 Å². The van der Waals surface area contributed by atoms with E-state index in [-0.39, 0.29) is 12.8 Å². The predicted molar refractivity (Wildman–Crippen MR) is 150 cm³/mol. The second kappa shape index (κ2) is 9.38. The molecule has 0 amide bonds. The van der Waals surface area contributed by atoms with Crippen LogP contribution >= 0.6 is 0 Å². The average molecular weight is 535 g/mol. The third kappa shape index (κ3) is 4.46. The van der Waals surface area contributed by atoms with Crippen LogP contribution < -0.4 is 0 Å². The molecule has 1 saturated carbocycles. The molecule has 6 heteroatoms. The van der Waals surface area contributed by atoms with Gasteiger partial charge in [-0.1, -0.05) is 68.0 Å². The molecule has 210 valence electrons. The monoisotopic (exact) mass is 534 g/mol. The topological polar surface area (TPSA) is 101 Å². The lowest BCUT2D eigenvalue weighted by Gasteiger charge is -2.58. The van der Waals surface area contributed by atoms with Gasteiger partial charge in [-0.05, 0) is 65.7 Å². The fraction of sp³-hybridized carbons (Fsp3) is 0.545. The molecule has 0 radical (unpaired) electrons. The molecule has 39 heavy (non-hydrogen) atoms. The van der Waals surface area contributed by atoms with E-state index in [1.165, 1.54) is 0 Å². The third-order valence-corrected chi connectivity index (χ3v) is 8.97. The average Bonchev–Trinajstić information content (AvgIpc) is 3.29. The van der Waals surface area contributed by atoms with Crippen LogP contribution in [0.15, 0.2) is 65.5 Å². The van der Waals surface area contributed by atoms with E-state index in [9.17, 15) is 19.8 Å². The van der Waals surface area contributed by atoms with Crippen LogP contribution in [-0.4, -0.2) is 44.9 Å². The Kier molecular flexibility index (Phi) is 7.01. The van der Waals surface area contributed by atoms with Crippen LogP contribution in [0.25, 0.3) is 0 Å². The van der Waals surface area contributed by atoms with E-state index >= 15 is 4.79 Å². The van der Waals surface area contributed by atoms with Crippen LogP contribution in [0.3, 0.4) is 0 Å². The standard InChI is InChI=1S/C33H42O6/c1-20(2)14-17-32-19-22(15-16-29(3,4)37)30(5,6)33(28(32)36,25(34)21-12-10-9-11-13-21)26(35)23-18-24(31(7,8)38)39-27(23)32/h9-16,22,24,37-38H,17-19H2,1-8H3/b16-15+/t22-,24+,32-,33+/m1/s1. The summed E-state index contributed by atoms with van der Waals surface area (Å²) >= 11 is 0. The summed E-state index contributed by atoms with van der Waals surface area (Å²) in [6.07, 6.45) is 5.49. The molecular weight excluding hydrogens is 492 g/mol. The molecule has 2 aliphatic carbocycles. The highest BCUT2D eigenvalue weighted by atomic mass is 16.5. The van der Waals surface area contributed by atoms with Gasteiger partial charge < -0.3 is 14.9 Å². The van der Waals surface area contributed by atoms with Gasteiger partial charge in [-0.25, -0.2) is 0 Å². The molecule has 1 aliphatic heterocycles. The van der Waals surface area contributed by atoms with Crippen molar-refractivity contribution in [3.63, 3.8) is 0 Å². The fourth-order valence-corrected chi connectivity index (χ4v) is 6.61. The molecular formula is C33H42O6. The number of hydrogen-bond donors (Lipinski definition) is 2. The van der Waals surface area contributed by atoms with E-state index in [4.69, 9.17) is 4.74 Å². The van der Waals surface area contributed by atoms with E-state index in [0.29, 0.717) is 23.3 Å². The number of ether oxygens (including phenoxy) is 1. The molecule has 3 aliphatic rings. The maximum absolute atomic E-state index is 15.0. The minimum atomic E-state index is -1.99. The maximum atomic E-state index is 15.0. The summed E-state index contributed by atoms with van der Waals surface area (Å²) in [6, 6.07) is 8.55. The molecule has 1 fully saturated rings. The Morgan fingerprint density at radius 3 is 2.23 bits per heavy atom. The Balaban J connectivity index is 2.07. The summed E-state index contributed by atoms with van der Waals surface area (Å²) in [6.45, 7) is 14.1. The van der Waals surface area contributed by atoms with Crippen molar-refractivity contribution in [3.8, 4) is 0 Å². The molecule has 0 spiro atoms. The number of carbonyl (C=O) groups is 3. The van der Waals surface area contributed by atoms with Gasteiger partial charge >= 0.3 is 0 Å². The van der Waals surface area contributed by atoms with Crippen LogP contribution in [0.4, 0.5) is 0 Å². The van der Waals surface area contributed by atoms with Gasteiger partial charge in [-0.2, -0.15) is 0 Å². The first-order valence-electron chi connectivity index (χ1n) is 13.8. The van der Waals surface area contributed by atoms with Gasteiger partial charge in [0.05, 0.1) is 16.6 Å². The number of aliphatic hydroxyl groups is 2. The first-order chi connectivity index (χ1) is 17.9. The zero-order valence-electron chi connectivity index (χ0n) is 24.4. The number of ketones is 3. The second-order valence-electron chi connectivity index (χ2n) is 13.5. The highest BCUT2D eigenvalue weighted by Crippen LogP contribution is 2.67. The molecule has 0 unspecified atom stereocenters. The maximum Gasteiger partial charge on any atom is 0.184 e. The fourth-order valence-electron chi connectivity index (χ4n) is 6.61. The van der Waals surface area contributed by atoms with Crippen LogP contribution in [0.2, 0.25) is 0 Å². The number of Topliss-reactive ketones (excluding diaryl/α,β-unsaturated/α-hetero) is 3. The zero-order chi connectivity index (χ0) is 29.2. The van der Waals surface area contributed by atoms with E-state index < -0.39 is 56.8 Å². The molecule has 2 bridgehead atoms. The highest BCUT2D eigenvalue weighted by molar-refractivity contribution is 6.36. The smallest absolute Gasteiger partial charge is 0.184 e. The Morgan fingerprint density at radius 1 is 1.08 bits per heavy atom. The van der Waals surface area contributed by atoms with Crippen molar-refractivity contribution in [2.45, 2.75) is 92.0 Å². The largest absolute Gasteiger partial charge is 0.490 e. The summed E-state index contributed by atoms with van der Waals surface area (Å²) in [7, 11) is 0. The van der Waals surface area contributed by atoms with Crippen molar-refractivity contribution >= 4 is 17.3 Å². The van der Waals surface area contributed by atoms with Gasteiger partial charge in [0.2, 0.25) is 0 Å². The number of allylic oxidation sites excluding steroid dienone is 4. The Labute approximate surface area is 231 Å². The van der Waals surface area contributed by atoms with Gasteiger partial charge in [0.15, 0.2) is 22.8 Å². The van der Waals surface area contributed by atoms with Gasteiger partial charge in [0, 0.05) is 17.6 Å². The van der Waals surface area contributed by atoms with Gasteiger partial charge in [-0.15, -0.1) is 0 Å². The Bertz CT molecular complexity index is 1280. The molecule has 1 heterocycles. The summed E-state index contributed by atoms with van der Waals surface area (Å²) < 4.78 is 6.36. The zero-order valence-corrected chi connectivity index (χ0v) is 24.4. The van der Waals surface area contributed by atoms with Crippen molar-refractivity contribution in [2.75, 3.05) is 0 Å². The number of fused-ring (bicyclic) bond motifs is 3. The number of rotatable bonds is 7. The van der Waals surface area contributed by atoms with Crippen molar-refractivity contribution < 1.29 is 29.3 Å². The van der Waals surface area contributed by atoms with Crippen molar-refractivity contribution in [1.82, 2.24) is 0 Å². The van der Waals surface area contributed by atoms with Crippen LogP contribution in [0, 0.1) is 22.2 Å². The quantitative estimate of drug-likeness (QED) is 0.271. The van der Waals surface area contributed by atoms with Crippen LogP contribution in [0.1, 0.15) is 85.0 Å². The second-order valence-corrected chi connectivity index (χ2v) is 13.5. The molecule has 0 aromatic heterocycles. The lowest BCUT2D eigenvalue weighted by atomic mass is 9.39. The van der Waals surface area contributed by atoms with Gasteiger partial charge in [-0.3, -0.25) is 14.4 Å². The number of carbonyl (C=O) groups excluding carboxylic acids is 3.